The Morgan fingerprint density at radius 3 is 2.84 bits per heavy atom. The van der Waals surface area contributed by atoms with E-state index in [2.05, 4.69) is 0 Å². The van der Waals surface area contributed by atoms with E-state index in [1.807, 2.05) is 0 Å². The van der Waals surface area contributed by atoms with E-state index in [-0.39, 0.29) is 17.6 Å². The van der Waals surface area contributed by atoms with E-state index in [0.29, 0.717) is 22.9 Å². The third kappa shape index (κ3) is 4.09. The molecule has 0 N–H and O–H groups in total. The first-order valence-electron chi connectivity index (χ1n) is 6.14. The third-order valence-corrected chi connectivity index (χ3v) is 5.08. The van der Waals surface area contributed by atoms with Crippen molar-refractivity contribution >= 4 is 21.4 Å². The molecule has 0 aromatic heterocycles. The summed E-state index contributed by atoms with van der Waals surface area (Å²) in [6.45, 7) is 0.656. The van der Waals surface area contributed by atoms with E-state index in [1.54, 1.807) is 25.3 Å². The second-order valence-corrected chi connectivity index (χ2v) is 7.16. The second kappa shape index (κ2) is 6.11. The molecule has 0 radical (unpaired) electrons. The molecule has 1 aliphatic heterocycles. The summed E-state index contributed by atoms with van der Waals surface area (Å²) in [7, 11) is -1.67. The summed E-state index contributed by atoms with van der Waals surface area (Å²) in [6.07, 6.45) is 1.58. The van der Waals surface area contributed by atoms with Gasteiger partial charge in [-0.1, -0.05) is 17.7 Å². The molecule has 2 rings (SSSR count). The molecule has 0 spiro atoms. The average molecular weight is 305 g/mol. The van der Waals surface area contributed by atoms with Crippen LogP contribution in [-0.4, -0.2) is 34.0 Å². The minimum absolute atomic E-state index is 0.0598. The van der Waals surface area contributed by atoms with Crippen molar-refractivity contribution in [3.05, 3.63) is 28.8 Å². The topological polar surface area (TPSA) is 52.6 Å². The van der Waals surface area contributed by atoms with Crippen LogP contribution in [-0.2, 0) is 20.3 Å². The van der Waals surface area contributed by atoms with Crippen molar-refractivity contribution in [2.45, 2.75) is 24.7 Å². The fourth-order valence-electron chi connectivity index (χ4n) is 2.13. The Balaban J connectivity index is 2.06. The number of methoxy groups -OCH3 is 1. The lowest BCUT2D eigenvalue weighted by Crippen LogP contribution is -2.21. The van der Waals surface area contributed by atoms with Crippen LogP contribution < -0.4 is 4.74 Å². The predicted molar refractivity (Wildman–Crippen MR) is 74.5 cm³/mol. The van der Waals surface area contributed by atoms with Crippen LogP contribution in [0.15, 0.2) is 18.2 Å². The van der Waals surface area contributed by atoms with Crippen molar-refractivity contribution in [3.63, 3.8) is 0 Å². The molecule has 19 heavy (non-hydrogen) atoms. The second-order valence-electron chi connectivity index (χ2n) is 4.65. The fourth-order valence-corrected chi connectivity index (χ4v) is 4.12. The maximum atomic E-state index is 12.1. The molecular weight excluding hydrogens is 288 g/mol. The molecule has 1 atom stereocenters. The van der Waals surface area contributed by atoms with Gasteiger partial charge >= 0.3 is 0 Å². The Kier molecular flexibility index (Phi) is 4.71. The highest BCUT2D eigenvalue weighted by molar-refractivity contribution is 7.90. The highest BCUT2D eigenvalue weighted by Crippen LogP contribution is 2.25. The number of hydrogen-bond donors (Lipinski definition) is 0. The number of ether oxygens (including phenoxy) is 2. The molecule has 1 fully saturated rings. The van der Waals surface area contributed by atoms with Gasteiger partial charge in [-0.2, -0.15) is 0 Å². The van der Waals surface area contributed by atoms with Crippen LogP contribution in [0.5, 0.6) is 5.75 Å². The number of benzene rings is 1. The zero-order chi connectivity index (χ0) is 13.9. The van der Waals surface area contributed by atoms with E-state index in [9.17, 15) is 8.42 Å². The van der Waals surface area contributed by atoms with Gasteiger partial charge in [-0.3, -0.25) is 0 Å². The van der Waals surface area contributed by atoms with Gasteiger partial charge in [0, 0.05) is 11.6 Å². The molecule has 4 nitrogen and oxygen atoms in total. The summed E-state index contributed by atoms with van der Waals surface area (Å²) in [5.41, 5.74) is 0.598. The highest BCUT2D eigenvalue weighted by Gasteiger charge is 2.24. The Morgan fingerprint density at radius 2 is 2.26 bits per heavy atom. The minimum Gasteiger partial charge on any atom is -0.497 e. The predicted octanol–water partition coefficient (Wildman–Crippen LogP) is 2.44. The van der Waals surface area contributed by atoms with Gasteiger partial charge < -0.3 is 9.47 Å². The Bertz CT molecular complexity index is 536. The first-order valence-corrected chi connectivity index (χ1v) is 8.34. The smallest absolute Gasteiger partial charge is 0.157 e. The Morgan fingerprint density at radius 1 is 1.47 bits per heavy atom. The summed E-state index contributed by atoms with van der Waals surface area (Å²) >= 11 is 6.06. The van der Waals surface area contributed by atoms with E-state index >= 15 is 0 Å². The van der Waals surface area contributed by atoms with E-state index < -0.39 is 9.84 Å². The van der Waals surface area contributed by atoms with Crippen LogP contribution in [0.2, 0.25) is 5.02 Å². The highest BCUT2D eigenvalue weighted by atomic mass is 35.5. The number of halogens is 1. The standard InChI is InChI=1S/C13H17ClO4S/c1-17-11-5-4-10(13(14)7-11)8-19(15,16)9-12-3-2-6-18-12/h4-5,7,12H,2-3,6,8-9H2,1H3/t12-/m1/s1. The monoisotopic (exact) mass is 304 g/mol. The van der Waals surface area contributed by atoms with Gasteiger partial charge in [0.1, 0.15) is 5.75 Å². The SMILES string of the molecule is COc1ccc(CS(=O)(=O)C[C@H]2CCCO2)c(Cl)c1. The molecule has 1 aromatic carbocycles. The largest absolute Gasteiger partial charge is 0.497 e. The molecule has 6 heteroatoms. The van der Waals surface area contributed by atoms with Crippen molar-refractivity contribution in [1.29, 1.82) is 0 Å². The lowest BCUT2D eigenvalue weighted by atomic mass is 10.2. The molecular formula is C13H17ClO4S. The minimum atomic E-state index is -3.21. The number of hydrogen-bond acceptors (Lipinski definition) is 4. The van der Waals surface area contributed by atoms with E-state index in [1.165, 1.54) is 0 Å². The normalized spacial score (nSPS) is 19.6. The summed E-state index contributed by atoms with van der Waals surface area (Å²) in [5.74, 6) is 0.621. The van der Waals surface area contributed by atoms with E-state index in [4.69, 9.17) is 21.1 Å². The maximum absolute atomic E-state index is 12.1. The summed E-state index contributed by atoms with van der Waals surface area (Å²) in [6, 6.07) is 5.02. The van der Waals surface area contributed by atoms with E-state index in [0.717, 1.165) is 12.8 Å². The van der Waals surface area contributed by atoms with Crippen LogP contribution >= 0.6 is 11.6 Å². The van der Waals surface area contributed by atoms with Gasteiger partial charge in [-0.05, 0) is 30.5 Å². The molecule has 1 saturated heterocycles. The zero-order valence-electron chi connectivity index (χ0n) is 10.8. The van der Waals surface area contributed by atoms with Crippen molar-refractivity contribution in [1.82, 2.24) is 0 Å². The van der Waals surface area contributed by atoms with Crippen molar-refractivity contribution in [2.24, 2.45) is 0 Å². The van der Waals surface area contributed by atoms with Gasteiger partial charge in [0.15, 0.2) is 9.84 Å². The lowest BCUT2D eigenvalue weighted by molar-refractivity contribution is 0.127. The maximum Gasteiger partial charge on any atom is 0.157 e. The first kappa shape index (κ1) is 14.6. The van der Waals surface area contributed by atoms with Gasteiger partial charge in [-0.25, -0.2) is 8.42 Å². The molecule has 0 unspecified atom stereocenters. The van der Waals surface area contributed by atoms with Crippen molar-refractivity contribution in [2.75, 3.05) is 19.5 Å². The van der Waals surface area contributed by atoms with Crippen molar-refractivity contribution in [3.8, 4) is 5.75 Å². The van der Waals surface area contributed by atoms with Crippen molar-refractivity contribution < 1.29 is 17.9 Å². The average Bonchev–Trinajstić information content (AvgIpc) is 2.83. The Labute approximate surface area is 118 Å². The molecule has 0 bridgehead atoms. The van der Waals surface area contributed by atoms with Gasteiger partial charge in [0.25, 0.3) is 0 Å². The fraction of sp³-hybridized carbons (Fsp3) is 0.538. The molecule has 1 aromatic rings. The quantitative estimate of drug-likeness (QED) is 0.838. The molecule has 106 valence electrons. The zero-order valence-corrected chi connectivity index (χ0v) is 12.3. The van der Waals surface area contributed by atoms with Crippen LogP contribution in [0.25, 0.3) is 0 Å². The molecule has 0 saturated carbocycles. The number of sulfone groups is 1. The lowest BCUT2D eigenvalue weighted by Gasteiger charge is -2.11. The molecule has 1 aliphatic rings. The summed E-state index contributed by atoms with van der Waals surface area (Å²) < 4.78 is 34.6. The van der Waals surface area contributed by atoms with Gasteiger partial charge in [0.2, 0.25) is 0 Å². The molecule has 0 amide bonds. The summed E-state index contributed by atoms with van der Waals surface area (Å²) in [5, 5.41) is 0.412. The first-order chi connectivity index (χ1) is 9.00. The van der Waals surface area contributed by atoms with Crippen LogP contribution in [0, 0.1) is 0 Å². The molecule has 1 heterocycles. The molecule has 0 aliphatic carbocycles. The third-order valence-electron chi connectivity index (χ3n) is 3.10. The van der Waals surface area contributed by atoms with Crippen LogP contribution in [0.4, 0.5) is 0 Å². The van der Waals surface area contributed by atoms with Gasteiger partial charge in [-0.15, -0.1) is 0 Å². The summed E-state index contributed by atoms with van der Waals surface area (Å²) in [4.78, 5) is 0. The van der Waals surface area contributed by atoms with Crippen LogP contribution in [0.1, 0.15) is 18.4 Å². The van der Waals surface area contributed by atoms with Gasteiger partial charge in [0.05, 0.1) is 24.7 Å². The Hall–Kier alpha value is -0.780. The van der Waals surface area contributed by atoms with Crippen LogP contribution in [0.3, 0.4) is 0 Å². The number of rotatable bonds is 5.